The molecule has 0 aliphatic heterocycles. The van der Waals surface area contributed by atoms with Crippen LogP contribution in [0.5, 0.6) is 0 Å². The van der Waals surface area contributed by atoms with Gasteiger partial charge in [-0.3, -0.25) is 0 Å². The summed E-state index contributed by atoms with van der Waals surface area (Å²) in [4.78, 5) is 0. The maximum Gasteiger partial charge on any atom is 0.0684 e. The highest BCUT2D eigenvalue weighted by atomic mass is 16.3. The molecule has 2 nitrogen and oxygen atoms in total. The second kappa shape index (κ2) is 4.43. The van der Waals surface area contributed by atoms with Gasteiger partial charge in [0.15, 0.2) is 0 Å². The Bertz CT molecular complexity index is 366. The average Bonchev–Trinajstić information content (AvgIpc) is 2.86. The summed E-state index contributed by atoms with van der Waals surface area (Å²) in [5.74, 6) is 0.270. The van der Waals surface area contributed by atoms with Crippen molar-refractivity contribution in [3.8, 4) is 0 Å². The van der Waals surface area contributed by atoms with E-state index in [2.05, 4.69) is 12.1 Å². The average molecular weight is 234 g/mol. The number of rotatable bonds is 5. The lowest BCUT2D eigenvalue weighted by atomic mass is 9.97. The topological polar surface area (TPSA) is 40.5 Å². The van der Waals surface area contributed by atoms with Gasteiger partial charge < -0.3 is 10.2 Å². The van der Waals surface area contributed by atoms with Crippen LogP contribution in [0.4, 0.5) is 0 Å². The van der Waals surface area contributed by atoms with Gasteiger partial charge in [0.25, 0.3) is 0 Å². The molecule has 0 amide bonds. The molecular formula is C15H22O2. The predicted molar refractivity (Wildman–Crippen MR) is 68.7 cm³/mol. The SMILES string of the molecule is CC(C)(O)C[C@H]1C[C@]1(O)CCc1ccccc1. The Kier molecular flexibility index (Phi) is 3.28. The lowest BCUT2D eigenvalue weighted by Crippen LogP contribution is -2.23. The van der Waals surface area contributed by atoms with Crippen molar-refractivity contribution in [3.05, 3.63) is 35.9 Å². The molecule has 1 fully saturated rings. The van der Waals surface area contributed by atoms with Gasteiger partial charge in [-0.05, 0) is 51.0 Å². The Morgan fingerprint density at radius 3 is 2.53 bits per heavy atom. The summed E-state index contributed by atoms with van der Waals surface area (Å²) in [7, 11) is 0. The zero-order valence-electron chi connectivity index (χ0n) is 10.7. The Morgan fingerprint density at radius 2 is 1.94 bits per heavy atom. The Hall–Kier alpha value is -0.860. The summed E-state index contributed by atoms with van der Waals surface area (Å²) in [6.07, 6.45) is 3.25. The van der Waals surface area contributed by atoms with E-state index in [0.717, 1.165) is 19.3 Å². The maximum absolute atomic E-state index is 10.3. The van der Waals surface area contributed by atoms with Crippen molar-refractivity contribution in [1.82, 2.24) is 0 Å². The minimum Gasteiger partial charge on any atom is -0.390 e. The van der Waals surface area contributed by atoms with E-state index < -0.39 is 11.2 Å². The number of benzene rings is 1. The van der Waals surface area contributed by atoms with E-state index >= 15 is 0 Å². The third-order valence-corrected chi connectivity index (χ3v) is 3.64. The molecular weight excluding hydrogens is 212 g/mol. The fourth-order valence-corrected chi connectivity index (χ4v) is 2.54. The number of hydrogen-bond donors (Lipinski definition) is 2. The molecule has 1 saturated carbocycles. The molecule has 0 spiro atoms. The van der Waals surface area contributed by atoms with Gasteiger partial charge in [-0.2, -0.15) is 0 Å². The number of hydrogen-bond acceptors (Lipinski definition) is 2. The first-order valence-electron chi connectivity index (χ1n) is 6.38. The third-order valence-electron chi connectivity index (χ3n) is 3.64. The minimum absolute atomic E-state index is 0.270. The summed E-state index contributed by atoms with van der Waals surface area (Å²) in [6, 6.07) is 10.3. The van der Waals surface area contributed by atoms with E-state index in [9.17, 15) is 10.2 Å². The summed E-state index contributed by atoms with van der Waals surface area (Å²) >= 11 is 0. The van der Waals surface area contributed by atoms with Gasteiger partial charge in [0, 0.05) is 0 Å². The fourth-order valence-electron chi connectivity index (χ4n) is 2.54. The van der Waals surface area contributed by atoms with Crippen molar-refractivity contribution < 1.29 is 10.2 Å². The highest BCUT2D eigenvalue weighted by Gasteiger charge is 2.53. The monoisotopic (exact) mass is 234 g/mol. The molecule has 94 valence electrons. The molecule has 1 aromatic rings. The van der Waals surface area contributed by atoms with Crippen LogP contribution in [-0.2, 0) is 6.42 Å². The molecule has 1 aliphatic rings. The molecule has 2 rings (SSSR count). The van der Waals surface area contributed by atoms with Gasteiger partial charge in [0.2, 0.25) is 0 Å². The Balaban J connectivity index is 1.81. The van der Waals surface area contributed by atoms with Gasteiger partial charge in [-0.15, -0.1) is 0 Å². The van der Waals surface area contributed by atoms with Gasteiger partial charge in [0.05, 0.1) is 11.2 Å². The molecule has 1 aromatic carbocycles. The van der Waals surface area contributed by atoms with Crippen molar-refractivity contribution in [2.24, 2.45) is 5.92 Å². The maximum atomic E-state index is 10.3. The van der Waals surface area contributed by atoms with Gasteiger partial charge in [-0.1, -0.05) is 30.3 Å². The second-order valence-corrected chi connectivity index (χ2v) is 6.01. The van der Waals surface area contributed by atoms with Crippen LogP contribution in [0.15, 0.2) is 30.3 Å². The molecule has 2 atom stereocenters. The van der Waals surface area contributed by atoms with E-state index in [1.165, 1.54) is 5.56 Å². The van der Waals surface area contributed by atoms with Crippen molar-refractivity contribution in [1.29, 1.82) is 0 Å². The molecule has 0 saturated heterocycles. The summed E-state index contributed by atoms with van der Waals surface area (Å²) in [6.45, 7) is 3.62. The lowest BCUT2D eigenvalue weighted by Gasteiger charge is -2.18. The number of aryl methyl sites for hydroxylation is 1. The zero-order chi connectivity index (χ0) is 12.5. The zero-order valence-corrected chi connectivity index (χ0v) is 10.7. The molecule has 0 unspecified atom stereocenters. The van der Waals surface area contributed by atoms with Crippen LogP contribution >= 0.6 is 0 Å². The van der Waals surface area contributed by atoms with E-state index in [0.29, 0.717) is 6.42 Å². The highest BCUT2D eigenvalue weighted by Crippen LogP contribution is 2.50. The van der Waals surface area contributed by atoms with E-state index in [1.54, 1.807) is 0 Å². The van der Waals surface area contributed by atoms with Gasteiger partial charge >= 0.3 is 0 Å². The minimum atomic E-state index is -0.665. The third kappa shape index (κ3) is 3.55. The molecule has 2 heteroatoms. The van der Waals surface area contributed by atoms with E-state index in [4.69, 9.17) is 0 Å². The normalized spacial score (nSPS) is 28.1. The van der Waals surface area contributed by atoms with Crippen LogP contribution in [0, 0.1) is 5.92 Å². The summed E-state index contributed by atoms with van der Waals surface area (Å²) < 4.78 is 0. The molecule has 17 heavy (non-hydrogen) atoms. The van der Waals surface area contributed by atoms with Crippen LogP contribution in [0.3, 0.4) is 0 Å². The molecule has 0 aromatic heterocycles. The quantitative estimate of drug-likeness (QED) is 0.822. The van der Waals surface area contributed by atoms with Crippen LogP contribution in [0.25, 0.3) is 0 Å². The summed E-state index contributed by atoms with van der Waals surface area (Å²) in [5.41, 5.74) is 0.0763. The van der Waals surface area contributed by atoms with Crippen molar-refractivity contribution >= 4 is 0 Å². The van der Waals surface area contributed by atoms with Crippen molar-refractivity contribution in [2.75, 3.05) is 0 Å². The standard InChI is InChI=1S/C15H22O2/c1-14(2,16)10-13-11-15(13,17)9-8-12-6-4-3-5-7-12/h3-7,13,16-17H,8-11H2,1-2H3/t13-,15+/m0/s1. The van der Waals surface area contributed by atoms with Crippen LogP contribution in [0.2, 0.25) is 0 Å². The van der Waals surface area contributed by atoms with Crippen LogP contribution in [0.1, 0.15) is 38.7 Å². The van der Waals surface area contributed by atoms with E-state index in [1.807, 2.05) is 32.0 Å². The van der Waals surface area contributed by atoms with Crippen LogP contribution < -0.4 is 0 Å². The van der Waals surface area contributed by atoms with Gasteiger partial charge in [-0.25, -0.2) is 0 Å². The molecule has 0 heterocycles. The van der Waals surface area contributed by atoms with Crippen molar-refractivity contribution in [3.63, 3.8) is 0 Å². The fraction of sp³-hybridized carbons (Fsp3) is 0.600. The summed E-state index contributed by atoms with van der Waals surface area (Å²) in [5, 5.41) is 20.0. The predicted octanol–water partition coefficient (Wildman–Crippen LogP) is 2.53. The van der Waals surface area contributed by atoms with Crippen LogP contribution in [-0.4, -0.2) is 21.4 Å². The Morgan fingerprint density at radius 1 is 1.29 bits per heavy atom. The highest BCUT2D eigenvalue weighted by molar-refractivity contribution is 5.16. The molecule has 0 radical (unpaired) electrons. The molecule has 0 bridgehead atoms. The molecule has 1 aliphatic carbocycles. The smallest absolute Gasteiger partial charge is 0.0684 e. The second-order valence-electron chi connectivity index (χ2n) is 6.01. The van der Waals surface area contributed by atoms with Crippen molar-refractivity contribution in [2.45, 2.75) is 50.7 Å². The first kappa shape index (κ1) is 12.6. The number of aliphatic hydroxyl groups is 2. The molecule has 2 N–H and O–H groups in total. The van der Waals surface area contributed by atoms with Gasteiger partial charge in [0.1, 0.15) is 0 Å². The first-order valence-corrected chi connectivity index (χ1v) is 6.38. The largest absolute Gasteiger partial charge is 0.390 e. The first-order chi connectivity index (χ1) is 7.89. The lowest BCUT2D eigenvalue weighted by molar-refractivity contribution is 0.0433. The van der Waals surface area contributed by atoms with E-state index in [-0.39, 0.29) is 5.92 Å². The Labute approximate surface area is 103 Å².